The Labute approximate surface area is 156 Å². The molecule has 6 heteroatoms. The number of benzene rings is 1. The Hall–Kier alpha value is -1.79. The number of ether oxygens (including phenoxy) is 3. The second-order valence-corrected chi connectivity index (χ2v) is 7.02. The number of nitrogens with zero attached hydrogens (tertiary/aromatic N) is 1. The molecule has 1 aliphatic rings. The van der Waals surface area contributed by atoms with Crippen molar-refractivity contribution in [3.05, 3.63) is 18.2 Å². The van der Waals surface area contributed by atoms with Crippen LogP contribution in [0.15, 0.2) is 18.2 Å². The molecule has 0 saturated heterocycles. The highest BCUT2D eigenvalue weighted by atomic mass is 16.5. The van der Waals surface area contributed by atoms with Crippen LogP contribution in [-0.4, -0.2) is 46.9 Å². The summed E-state index contributed by atoms with van der Waals surface area (Å²) in [5, 5.41) is 0. The number of amides is 1. The Balaban J connectivity index is 2.24. The summed E-state index contributed by atoms with van der Waals surface area (Å²) in [6.45, 7) is 1.52. The molecule has 0 heterocycles. The molecule has 1 amide bonds. The van der Waals surface area contributed by atoms with Crippen LogP contribution in [0.3, 0.4) is 0 Å². The third-order valence-corrected chi connectivity index (χ3v) is 5.37. The Bertz CT molecular complexity index is 585. The summed E-state index contributed by atoms with van der Waals surface area (Å²) >= 11 is 0. The first kappa shape index (κ1) is 20.5. The second kappa shape index (κ2) is 9.78. The first-order valence-corrected chi connectivity index (χ1v) is 9.30. The van der Waals surface area contributed by atoms with Crippen LogP contribution in [0, 0.1) is 5.41 Å². The maximum Gasteiger partial charge on any atom is 0.227 e. The smallest absolute Gasteiger partial charge is 0.227 e. The maximum atomic E-state index is 13.2. The summed E-state index contributed by atoms with van der Waals surface area (Å²) in [6.07, 6.45) is 6.07. The van der Waals surface area contributed by atoms with Crippen molar-refractivity contribution in [3.8, 4) is 11.5 Å². The standard InChI is InChI=1S/C20H32N2O4/c1-24-12-11-22(16-7-8-17(25-2)18(13-16)26-3)19(23)14-20(15-21)9-5-4-6-10-20/h7-8,13H,4-6,9-12,14-15,21H2,1-3H3. The molecule has 0 spiro atoms. The Morgan fingerprint density at radius 3 is 2.38 bits per heavy atom. The molecule has 1 aliphatic carbocycles. The van der Waals surface area contributed by atoms with E-state index in [-0.39, 0.29) is 11.3 Å². The monoisotopic (exact) mass is 364 g/mol. The van der Waals surface area contributed by atoms with Crippen molar-refractivity contribution in [1.82, 2.24) is 0 Å². The fourth-order valence-electron chi connectivity index (χ4n) is 3.74. The Morgan fingerprint density at radius 2 is 1.81 bits per heavy atom. The zero-order valence-electron chi connectivity index (χ0n) is 16.3. The van der Waals surface area contributed by atoms with Crippen LogP contribution in [0.4, 0.5) is 5.69 Å². The number of hydrogen-bond donors (Lipinski definition) is 1. The van der Waals surface area contributed by atoms with E-state index >= 15 is 0 Å². The largest absolute Gasteiger partial charge is 0.493 e. The number of nitrogens with two attached hydrogens (primary N) is 1. The molecule has 0 aromatic heterocycles. The van der Waals surface area contributed by atoms with E-state index in [4.69, 9.17) is 19.9 Å². The number of anilines is 1. The highest BCUT2D eigenvalue weighted by Crippen LogP contribution is 2.39. The summed E-state index contributed by atoms with van der Waals surface area (Å²) in [5.74, 6) is 1.33. The van der Waals surface area contributed by atoms with Crippen LogP contribution in [0.5, 0.6) is 11.5 Å². The lowest BCUT2D eigenvalue weighted by Gasteiger charge is -2.37. The van der Waals surface area contributed by atoms with Crippen molar-refractivity contribution >= 4 is 11.6 Å². The molecule has 2 rings (SSSR count). The van der Waals surface area contributed by atoms with Crippen molar-refractivity contribution < 1.29 is 19.0 Å². The van der Waals surface area contributed by atoms with Crippen LogP contribution in [0.1, 0.15) is 38.5 Å². The topological polar surface area (TPSA) is 74.0 Å². The quantitative estimate of drug-likeness (QED) is 0.729. The number of carbonyl (C=O) groups is 1. The molecule has 0 bridgehead atoms. The van der Waals surface area contributed by atoms with Gasteiger partial charge in [0, 0.05) is 31.8 Å². The Morgan fingerprint density at radius 1 is 1.12 bits per heavy atom. The van der Waals surface area contributed by atoms with E-state index in [2.05, 4.69) is 0 Å². The molecule has 0 atom stereocenters. The van der Waals surface area contributed by atoms with Gasteiger partial charge in [0.1, 0.15) is 0 Å². The van der Waals surface area contributed by atoms with Crippen molar-refractivity contribution in [3.63, 3.8) is 0 Å². The van der Waals surface area contributed by atoms with Crippen LogP contribution < -0.4 is 20.1 Å². The van der Waals surface area contributed by atoms with Gasteiger partial charge in [-0.2, -0.15) is 0 Å². The summed E-state index contributed by atoms with van der Waals surface area (Å²) in [6, 6.07) is 5.54. The fourth-order valence-corrected chi connectivity index (χ4v) is 3.74. The number of rotatable bonds is 9. The van der Waals surface area contributed by atoms with Gasteiger partial charge in [-0.25, -0.2) is 0 Å². The van der Waals surface area contributed by atoms with E-state index in [9.17, 15) is 4.79 Å². The average molecular weight is 364 g/mol. The molecule has 0 radical (unpaired) electrons. The highest BCUT2D eigenvalue weighted by Gasteiger charge is 2.34. The van der Waals surface area contributed by atoms with E-state index in [1.165, 1.54) is 6.42 Å². The molecule has 1 aromatic carbocycles. The normalized spacial score (nSPS) is 16.2. The minimum Gasteiger partial charge on any atom is -0.493 e. The number of carbonyl (C=O) groups excluding carboxylic acids is 1. The Kier molecular flexibility index (Phi) is 7.72. The van der Waals surface area contributed by atoms with Gasteiger partial charge in [-0.1, -0.05) is 19.3 Å². The molecule has 2 N–H and O–H groups in total. The van der Waals surface area contributed by atoms with Crippen LogP contribution >= 0.6 is 0 Å². The molecule has 0 aliphatic heterocycles. The van der Waals surface area contributed by atoms with Crippen molar-refractivity contribution in [2.24, 2.45) is 11.1 Å². The minimum atomic E-state index is -0.0722. The lowest BCUT2D eigenvalue weighted by Crippen LogP contribution is -2.41. The van der Waals surface area contributed by atoms with Crippen LogP contribution in [0.25, 0.3) is 0 Å². The lowest BCUT2D eigenvalue weighted by molar-refractivity contribution is -0.121. The minimum absolute atomic E-state index is 0.0722. The zero-order valence-corrected chi connectivity index (χ0v) is 16.3. The van der Waals surface area contributed by atoms with Gasteiger partial charge in [0.15, 0.2) is 11.5 Å². The van der Waals surface area contributed by atoms with Gasteiger partial charge in [-0.15, -0.1) is 0 Å². The molecule has 0 unspecified atom stereocenters. The molecule has 1 fully saturated rings. The fraction of sp³-hybridized carbons (Fsp3) is 0.650. The zero-order chi connectivity index (χ0) is 19.0. The third-order valence-electron chi connectivity index (χ3n) is 5.37. The van der Waals surface area contributed by atoms with Gasteiger partial charge in [-0.05, 0) is 36.9 Å². The second-order valence-electron chi connectivity index (χ2n) is 7.02. The van der Waals surface area contributed by atoms with Crippen molar-refractivity contribution in [2.75, 3.05) is 45.9 Å². The van der Waals surface area contributed by atoms with E-state index in [1.54, 1.807) is 26.2 Å². The molecule has 6 nitrogen and oxygen atoms in total. The highest BCUT2D eigenvalue weighted by molar-refractivity contribution is 5.94. The first-order valence-electron chi connectivity index (χ1n) is 9.30. The van der Waals surface area contributed by atoms with Gasteiger partial charge in [0.05, 0.1) is 20.8 Å². The summed E-state index contributed by atoms with van der Waals surface area (Å²) in [5.41, 5.74) is 6.79. The van der Waals surface area contributed by atoms with Crippen LogP contribution in [-0.2, 0) is 9.53 Å². The van der Waals surface area contributed by atoms with Gasteiger partial charge < -0.3 is 24.8 Å². The van der Waals surface area contributed by atoms with Gasteiger partial charge in [0.2, 0.25) is 5.91 Å². The molecular formula is C20H32N2O4. The van der Waals surface area contributed by atoms with E-state index in [0.717, 1.165) is 31.4 Å². The summed E-state index contributed by atoms with van der Waals surface area (Å²) < 4.78 is 15.9. The number of hydrogen-bond acceptors (Lipinski definition) is 5. The van der Waals surface area contributed by atoms with Gasteiger partial charge in [-0.3, -0.25) is 4.79 Å². The van der Waals surface area contributed by atoms with Crippen molar-refractivity contribution in [2.45, 2.75) is 38.5 Å². The van der Waals surface area contributed by atoms with Gasteiger partial charge >= 0.3 is 0 Å². The van der Waals surface area contributed by atoms with Crippen molar-refractivity contribution in [1.29, 1.82) is 0 Å². The summed E-state index contributed by atoms with van der Waals surface area (Å²) in [4.78, 5) is 15.0. The molecule has 146 valence electrons. The third kappa shape index (κ3) is 4.89. The molecule has 1 saturated carbocycles. The SMILES string of the molecule is COCCN(C(=O)CC1(CN)CCCCC1)c1ccc(OC)c(OC)c1. The number of methoxy groups -OCH3 is 3. The van der Waals surface area contributed by atoms with E-state index in [0.29, 0.717) is 37.6 Å². The van der Waals surface area contributed by atoms with E-state index < -0.39 is 0 Å². The molecule has 26 heavy (non-hydrogen) atoms. The first-order chi connectivity index (χ1) is 12.6. The summed E-state index contributed by atoms with van der Waals surface area (Å²) in [7, 11) is 4.83. The predicted molar refractivity (Wildman–Crippen MR) is 103 cm³/mol. The van der Waals surface area contributed by atoms with E-state index in [1.807, 2.05) is 18.2 Å². The molecule has 1 aromatic rings. The molecular weight excluding hydrogens is 332 g/mol. The van der Waals surface area contributed by atoms with Gasteiger partial charge in [0.25, 0.3) is 0 Å². The van der Waals surface area contributed by atoms with Crippen LogP contribution in [0.2, 0.25) is 0 Å². The average Bonchev–Trinajstić information content (AvgIpc) is 2.68. The maximum absolute atomic E-state index is 13.2. The predicted octanol–water partition coefficient (Wildman–Crippen LogP) is 2.98. The lowest BCUT2D eigenvalue weighted by atomic mass is 9.71.